The van der Waals surface area contributed by atoms with Gasteiger partial charge in [0.2, 0.25) is 0 Å². The normalized spacial score (nSPS) is 8.75. The molecule has 60 valence electrons. The molecule has 0 saturated carbocycles. The van der Waals surface area contributed by atoms with Crippen LogP contribution in [0.3, 0.4) is 0 Å². The summed E-state index contributed by atoms with van der Waals surface area (Å²) in [5.74, 6) is -0.0718. The van der Waals surface area contributed by atoms with Crippen molar-refractivity contribution in [2.24, 2.45) is 0 Å². The highest BCUT2D eigenvalue weighted by molar-refractivity contribution is 9.10. The van der Waals surface area contributed by atoms with Gasteiger partial charge in [0.1, 0.15) is 0 Å². The highest BCUT2D eigenvalue weighted by Crippen LogP contribution is 2.10. The maximum atomic E-state index is 11.2. The van der Waals surface area contributed by atoms with Crippen molar-refractivity contribution in [2.75, 3.05) is 0 Å². The summed E-state index contributed by atoms with van der Waals surface area (Å²) < 4.78 is 0.960. The van der Waals surface area contributed by atoms with Crippen molar-refractivity contribution < 1.29 is 4.79 Å². The van der Waals surface area contributed by atoms with Crippen molar-refractivity contribution in [1.82, 2.24) is 0 Å². The lowest BCUT2D eigenvalue weighted by molar-refractivity contribution is 0.104. The number of allylic oxidation sites excluding steroid dienone is 1. The summed E-state index contributed by atoms with van der Waals surface area (Å²) in [6.45, 7) is 3.33. The quantitative estimate of drug-likeness (QED) is 0.428. The Morgan fingerprint density at radius 2 is 2.00 bits per heavy atom. The van der Waals surface area contributed by atoms with E-state index in [1.807, 2.05) is 12.1 Å². The molecule has 0 bridgehead atoms. The number of ketones is 1. The molecule has 0 fully saturated rings. The molecule has 0 aliphatic rings. The molecule has 1 nitrogen and oxygen atoms in total. The zero-order valence-corrected chi connectivity index (χ0v) is 7.97. The van der Waals surface area contributed by atoms with Crippen LogP contribution in [0.5, 0.6) is 0 Å². The standard InChI is InChI=1S/C10H7BrO/c1-2-3-10(12)8-4-6-9(11)7-5-8/h3-7H,1H2. The monoisotopic (exact) mass is 222 g/mol. The van der Waals surface area contributed by atoms with Crippen LogP contribution < -0.4 is 0 Å². The Kier molecular flexibility index (Phi) is 3.03. The second-order valence-electron chi connectivity index (χ2n) is 2.22. The molecule has 1 rings (SSSR count). The van der Waals surface area contributed by atoms with E-state index in [9.17, 15) is 4.79 Å². The van der Waals surface area contributed by atoms with Crippen molar-refractivity contribution in [3.8, 4) is 0 Å². The van der Waals surface area contributed by atoms with Crippen LogP contribution in [0.4, 0.5) is 0 Å². The lowest BCUT2D eigenvalue weighted by Crippen LogP contribution is -1.91. The van der Waals surface area contributed by atoms with E-state index in [1.165, 1.54) is 6.08 Å². The number of halogens is 1. The van der Waals surface area contributed by atoms with Crippen LogP contribution in [0.1, 0.15) is 10.4 Å². The summed E-state index contributed by atoms with van der Waals surface area (Å²) in [4.78, 5) is 11.2. The summed E-state index contributed by atoms with van der Waals surface area (Å²) in [5.41, 5.74) is 3.09. The van der Waals surface area contributed by atoms with Gasteiger partial charge in [-0.2, -0.15) is 0 Å². The molecule has 0 saturated heterocycles. The summed E-state index contributed by atoms with van der Waals surface area (Å²) in [5, 5.41) is 0. The fourth-order valence-corrected chi connectivity index (χ4v) is 1.05. The predicted octanol–water partition coefficient (Wildman–Crippen LogP) is 2.97. The fourth-order valence-electron chi connectivity index (χ4n) is 0.790. The zero-order valence-electron chi connectivity index (χ0n) is 6.38. The Bertz CT molecular complexity index is 331. The van der Waals surface area contributed by atoms with E-state index in [1.54, 1.807) is 12.1 Å². The molecule has 1 aromatic carbocycles. The molecular weight excluding hydrogens is 216 g/mol. The Morgan fingerprint density at radius 1 is 1.42 bits per heavy atom. The highest BCUT2D eigenvalue weighted by atomic mass is 79.9. The van der Waals surface area contributed by atoms with Gasteiger partial charge in [0.05, 0.1) is 0 Å². The van der Waals surface area contributed by atoms with Gasteiger partial charge in [0.15, 0.2) is 5.78 Å². The van der Waals surface area contributed by atoms with Gasteiger partial charge in [0.25, 0.3) is 0 Å². The van der Waals surface area contributed by atoms with Crippen LogP contribution in [-0.4, -0.2) is 5.78 Å². The van der Waals surface area contributed by atoms with Gasteiger partial charge in [-0.05, 0) is 24.3 Å². The number of carbonyl (C=O) groups is 1. The molecular formula is C10H7BrO. The number of hydrogen-bond donors (Lipinski definition) is 0. The molecule has 0 unspecified atom stereocenters. The van der Waals surface area contributed by atoms with E-state index in [-0.39, 0.29) is 5.78 Å². The minimum absolute atomic E-state index is 0.0718. The van der Waals surface area contributed by atoms with Gasteiger partial charge in [0, 0.05) is 16.1 Å². The molecule has 0 radical (unpaired) electrons. The van der Waals surface area contributed by atoms with E-state index < -0.39 is 0 Å². The third-order valence-corrected chi connectivity index (χ3v) is 1.89. The summed E-state index contributed by atoms with van der Waals surface area (Å²) in [6.07, 6.45) is 1.32. The van der Waals surface area contributed by atoms with Crippen LogP contribution >= 0.6 is 15.9 Å². The van der Waals surface area contributed by atoms with Gasteiger partial charge >= 0.3 is 0 Å². The van der Waals surface area contributed by atoms with E-state index in [4.69, 9.17) is 0 Å². The Hall–Kier alpha value is -1.11. The maximum Gasteiger partial charge on any atom is 0.193 e. The lowest BCUT2D eigenvalue weighted by Gasteiger charge is -1.93. The van der Waals surface area contributed by atoms with Crippen LogP contribution in [0, 0.1) is 0 Å². The summed E-state index contributed by atoms with van der Waals surface area (Å²) in [7, 11) is 0. The minimum Gasteiger partial charge on any atom is -0.289 e. The van der Waals surface area contributed by atoms with Crippen LogP contribution in [0.25, 0.3) is 0 Å². The van der Waals surface area contributed by atoms with E-state index in [0.29, 0.717) is 5.56 Å². The summed E-state index contributed by atoms with van der Waals surface area (Å²) >= 11 is 3.28. The van der Waals surface area contributed by atoms with E-state index in [0.717, 1.165) is 4.47 Å². The highest BCUT2D eigenvalue weighted by Gasteiger charge is 1.99. The van der Waals surface area contributed by atoms with E-state index >= 15 is 0 Å². The van der Waals surface area contributed by atoms with Crippen molar-refractivity contribution in [2.45, 2.75) is 0 Å². The lowest BCUT2D eigenvalue weighted by atomic mass is 10.1. The Balaban J connectivity index is 2.97. The first-order valence-electron chi connectivity index (χ1n) is 3.40. The molecule has 0 aliphatic heterocycles. The van der Waals surface area contributed by atoms with Gasteiger partial charge < -0.3 is 0 Å². The molecule has 12 heavy (non-hydrogen) atoms. The van der Waals surface area contributed by atoms with Gasteiger partial charge in [-0.15, -0.1) is 5.73 Å². The Morgan fingerprint density at radius 3 is 2.50 bits per heavy atom. The second kappa shape index (κ2) is 4.05. The van der Waals surface area contributed by atoms with Gasteiger partial charge in [-0.25, -0.2) is 0 Å². The van der Waals surface area contributed by atoms with E-state index in [2.05, 4.69) is 28.2 Å². The third-order valence-electron chi connectivity index (χ3n) is 1.36. The van der Waals surface area contributed by atoms with Crippen LogP contribution in [-0.2, 0) is 0 Å². The number of benzene rings is 1. The smallest absolute Gasteiger partial charge is 0.193 e. The summed E-state index contributed by atoms with van der Waals surface area (Å²) in [6, 6.07) is 7.15. The SMILES string of the molecule is C=C=CC(=O)c1ccc(Br)cc1. The predicted molar refractivity (Wildman–Crippen MR) is 52.2 cm³/mol. The van der Waals surface area contributed by atoms with Crippen LogP contribution in [0.2, 0.25) is 0 Å². The average Bonchev–Trinajstić information content (AvgIpc) is 2.06. The zero-order chi connectivity index (χ0) is 8.97. The molecule has 0 atom stereocenters. The van der Waals surface area contributed by atoms with Crippen molar-refractivity contribution in [1.29, 1.82) is 0 Å². The first kappa shape index (κ1) is 8.98. The largest absolute Gasteiger partial charge is 0.289 e. The molecule has 0 spiro atoms. The third kappa shape index (κ3) is 2.19. The minimum atomic E-state index is -0.0718. The molecule has 0 amide bonds. The molecule has 0 heterocycles. The molecule has 0 aliphatic carbocycles. The topological polar surface area (TPSA) is 17.1 Å². The second-order valence-corrected chi connectivity index (χ2v) is 3.14. The number of carbonyl (C=O) groups excluding carboxylic acids is 1. The molecule has 0 aromatic heterocycles. The van der Waals surface area contributed by atoms with Gasteiger partial charge in [-0.1, -0.05) is 22.5 Å². The van der Waals surface area contributed by atoms with Crippen molar-refractivity contribution in [3.05, 3.63) is 52.7 Å². The maximum absolute atomic E-state index is 11.2. The molecule has 0 N–H and O–H groups in total. The Labute approximate surface area is 79.5 Å². The first-order chi connectivity index (χ1) is 5.74. The van der Waals surface area contributed by atoms with Crippen molar-refractivity contribution in [3.63, 3.8) is 0 Å². The van der Waals surface area contributed by atoms with Crippen molar-refractivity contribution >= 4 is 21.7 Å². The molecule has 2 heteroatoms. The average molecular weight is 223 g/mol. The molecule has 1 aromatic rings. The first-order valence-corrected chi connectivity index (χ1v) is 4.19. The van der Waals surface area contributed by atoms with Gasteiger partial charge in [-0.3, -0.25) is 4.79 Å². The number of hydrogen-bond acceptors (Lipinski definition) is 1. The number of rotatable bonds is 2. The fraction of sp³-hybridized carbons (Fsp3) is 0. The van der Waals surface area contributed by atoms with Crippen LogP contribution in [0.15, 0.2) is 47.1 Å².